The quantitative estimate of drug-likeness (QED) is 0.537. The Labute approximate surface area is 134 Å². The summed E-state index contributed by atoms with van der Waals surface area (Å²) in [5.41, 5.74) is 2.70. The van der Waals surface area contributed by atoms with Crippen molar-refractivity contribution in [1.29, 1.82) is 0 Å². The van der Waals surface area contributed by atoms with Crippen molar-refractivity contribution in [1.82, 2.24) is 5.32 Å². The number of aryl methyl sites for hydroxylation is 1. The van der Waals surface area contributed by atoms with Gasteiger partial charge < -0.3 is 15.5 Å². The van der Waals surface area contributed by atoms with Gasteiger partial charge in [-0.1, -0.05) is 29.8 Å². The fourth-order valence-corrected chi connectivity index (χ4v) is 2.26. The SMILES string of the molecule is Cc1ccc(CNC(CO)C(O)c2ccc([N+](=O)[O-])cc2)cc1. The Kier molecular flexibility index (Phi) is 5.81. The van der Waals surface area contributed by atoms with E-state index >= 15 is 0 Å². The van der Waals surface area contributed by atoms with E-state index in [1.165, 1.54) is 29.8 Å². The summed E-state index contributed by atoms with van der Waals surface area (Å²) in [5, 5.41) is 33.6. The molecule has 6 heteroatoms. The number of benzene rings is 2. The molecule has 2 aromatic rings. The third-order valence-electron chi connectivity index (χ3n) is 3.71. The van der Waals surface area contributed by atoms with Gasteiger partial charge in [0.25, 0.3) is 5.69 Å². The highest BCUT2D eigenvalue weighted by molar-refractivity contribution is 5.34. The zero-order chi connectivity index (χ0) is 16.8. The Morgan fingerprint density at radius 2 is 1.74 bits per heavy atom. The van der Waals surface area contributed by atoms with Gasteiger partial charge in [0.05, 0.1) is 23.7 Å². The molecule has 0 saturated carbocycles. The molecule has 0 saturated heterocycles. The fourth-order valence-electron chi connectivity index (χ4n) is 2.26. The highest BCUT2D eigenvalue weighted by Crippen LogP contribution is 2.20. The summed E-state index contributed by atoms with van der Waals surface area (Å²) in [4.78, 5) is 10.2. The minimum absolute atomic E-state index is 0.0332. The second kappa shape index (κ2) is 7.82. The minimum Gasteiger partial charge on any atom is -0.395 e. The zero-order valence-electron chi connectivity index (χ0n) is 12.8. The molecule has 0 aromatic heterocycles. The maximum Gasteiger partial charge on any atom is 0.269 e. The van der Waals surface area contributed by atoms with Crippen LogP contribution >= 0.6 is 0 Å². The summed E-state index contributed by atoms with van der Waals surface area (Å²) in [6.45, 7) is 2.27. The summed E-state index contributed by atoms with van der Waals surface area (Å²) in [6.07, 6.45) is -0.953. The van der Waals surface area contributed by atoms with Gasteiger partial charge >= 0.3 is 0 Å². The Morgan fingerprint density at radius 3 is 2.26 bits per heavy atom. The van der Waals surface area contributed by atoms with Crippen molar-refractivity contribution in [3.8, 4) is 0 Å². The summed E-state index contributed by atoms with van der Waals surface area (Å²) >= 11 is 0. The van der Waals surface area contributed by atoms with Crippen LogP contribution in [0.1, 0.15) is 22.8 Å². The molecule has 0 aliphatic carbocycles. The predicted octanol–water partition coefficient (Wildman–Crippen LogP) is 2.09. The van der Waals surface area contributed by atoms with E-state index in [9.17, 15) is 20.3 Å². The second-order valence-electron chi connectivity index (χ2n) is 5.45. The average molecular weight is 316 g/mol. The van der Waals surface area contributed by atoms with Crippen LogP contribution in [0.4, 0.5) is 5.69 Å². The number of nitrogens with one attached hydrogen (secondary N) is 1. The van der Waals surface area contributed by atoms with Crippen LogP contribution in [0.15, 0.2) is 48.5 Å². The highest BCUT2D eigenvalue weighted by atomic mass is 16.6. The van der Waals surface area contributed by atoms with Gasteiger partial charge in [0, 0.05) is 18.7 Å². The van der Waals surface area contributed by atoms with Crippen LogP contribution in [0.2, 0.25) is 0 Å². The summed E-state index contributed by atoms with van der Waals surface area (Å²) in [7, 11) is 0. The summed E-state index contributed by atoms with van der Waals surface area (Å²) < 4.78 is 0. The molecule has 2 unspecified atom stereocenters. The molecule has 23 heavy (non-hydrogen) atoms. The van der Waals surface area contributed by atoms with Gasteiger partial charge in [0.2, 0.25) is 0 Å². The molecule has 0 bridgehead atoms. The number of rotatable bonds is 7. The first kappa shape index (κ1) is 17.1. The molecule has 6 nitrogen and oxygen atoms in total. The third kappa shape index (κ3) is 4.59. The van der Waals surface area contributed by atoms with E-state index in [2.05, 4.69) is 5.32 Å². The van der Waals surface area contributed by atoms with Gasteiger partial charge in [0.15, 0.2) is 0 Å². The van der Waals surface area contributed by atoms with E-state index in [0.717, 1.165) is 5.56 Å². The summed E-state index contributed by atoms with van der Waals surface area (Å²) in [6, 6.07) is 13.1. The van der Waals surface area contributed by atoms with Crippen LogP contribution in [0, 0.1) is 17.0 Å². The first-order valence-corrected chi connectivity index (χ1v) is 7.33. The number of aliphatic hydroxyl groups is 2. The standard InChI is InChI=1S/C17H20N2O4/c1-12-2-4-13(5-3-12)10-18-16(11-20)17(21)14-6-8-15(9-7-14)19(22)23/h2-9,16-18,20-21H,10-11H2,1H3. The Hall–Kier alpha value is -2.28. The Balaban J connectivity index is 2.01. The van der Waals surface area contributed by atoms with E-state index in [-0.39, 0.29) is 12.3 Å². The number of aliphatic hydroxyl groups excluding tert-OH is 2. The first-order chi connectivity index (χ1) is 11.0. The van der Waals surface area contributed by atoms with Crippen molar-refractivity contribution in [3.05, 3.63) is 75.3 Å². The molecular formula is C17H20N2O4. The number of hydrogen-bond acceptors (Lipinski definition) is 5. The van der Waals surface area contributed by atoms with E-state index < -0.39 is 17.1 Å². The lowest BCUT2D eigenvalue weighted by atomic mass is 10.0. The molecular weight excluding hydrogens is 296 g/mol. The van der Waals surface area contributed by atoms with E-state index in [1.807, 2.05) is 31.2 Å². The molecule has 0 aliphatic rings. The largest absolute Gasteiger partial charge is 0.395 e. The molecule has 2 atom stereocenters. The van der Waals surface area contributed by atoms with Crippen molar-refractivity contribution in [2.45, 2.75) is 25.6 Å². The van der Waals surface area contributed by atoms with Gasteiger partial charge in [-0.15, -0.1) is 0 Å². The highest BCUT2D eigenvalue weighted by Gasteiger charge is 2.20. The van der Waals surface area contributed by atoms with Crippen molar-refractivity contribution in [2.24, 2.45) is 0 Å². The Morgan fingerprint density at radius 1 is 1.13 bits per heavy atom. The molecule has 0 heterocycles. The van der Waals surface area contributed by atoms with Crippen LogP contribution in [0.25, 0.3) is 0 Å². The lowest BCUT2D eigenvalue weighted by Crippen LogP contribution is -2.37. The second-order valence-corrected chi connectivity index (χ2v) is 5.45. The molecule has 2 aromatic carbocycles. The average Bonchev–Trinajstić information content (AvgIpc) is 2.57. The Bertz CT molecular complexity index is 641. The molecule has 0 fully saturated rings. The van der Waals surface area contributed by atoms with Crippen LogP contribution in [-0.4, -0.2) is 27.8 Å². The van der Waals surface area contributed by atoms with E-state index in [0.29, 0.717) is 12.1 Å². The zero-order valence-corrected chi connectivity index (χ0v) is 12.8. The third-order valence-corrected chi connectivity index (χ3v) is 3.71. The molecule has 3 N–H and O–H groups in total. The molecule has 0 radical (unpaired) electrons. The monoisotopic (exact) mass is 316 g/mol. The lowest BCUT2D eigenvalue weighted by Gasteiger charge is -2.22. The van der Waals surface area contributed by atoms with Gasteiger partial charge in [-0.05, 0) is 30.2 Å². The normalized spacial score (nSPS) is 13.5. The molecule has 122 valence electrons. The minimum atomic E-state index is -0.953. The molecule has 2 rings (SSSR count). The van der Waals surface area contributed by atoms with Crippen molar-refractivity contribution in [3.63, 3.8) is 0 Å². The molecule has 0 amide bonds. The lowest BCUT2D eigenvalue weighted by molar-refractivity contribution is -0.384. The van der Waals surface area contributed by atoms with Gasteiger partial charge in [-0.25, -0.2) is 0 Å². The number of nitro benzene ring substituents is 1. The smallest absolute Gasteiger partial charge is 0.269 e. The predicted molar refractivity (Wildman–Crippen MR) is 86.9 cm³/mol. The maximum absolute atomic E-state index is 10.6. The van der Waals surface area contributed by atoms with Crippen LogP contribution < -0.4 is 5.32 Å². The van der Waals surface area contributed by atoms with E-state index in [4.69, 9.17) is 0 Å². The van der Waals surface area contributed by atoms with Crippen LogP contribution in [0.5, 0.6) is 0 Å². The van der Waals surface area contributed by atoms with Crippen molar-refractivity contribution < 1.29 is 15.1 Å². The van der Waals surface area contributed by atoms with Gasteiger partial charge in [-0.3, -0.25) is 10.1 Å². The number of nitro groups is 1. The van der Waals surface area contributed by atoms with Crippen molar-refractivity contribution in [2.75, 3.05) is 6.61 Å². The number of nitrogens with zero attached hydrogens (tertiary/aromatic N) is 1. The summed E-state index contributed by atoms with van der Waals surface area (Å²) in [5.74, 6) is 0. The molecule has 0 spiro atoms. The number of hydrogen-bond donors (Lipinski definition) is 3. The van der Waals surface area contributed by atoms with Gasteiger partial charge in [-0.2, -0.15) is 0 Å². The van der Waals surface area contributed by atoms with Crippen LogP contribution in [-0.2, 0) is 6.54 Å². The van der Waals surface area contributed by atoms with Crippen molar-refractivity contribution >= 4 is 5.69 Å². The maximum atomic E-state index is 10.6. The van der Waals surface area contributed by atoms with E-state index in [1.54, 1.807) is 0 Å². The molecule has 0 aliphatic heterocycles. The fraction of sp³-hybridized carbons (Fsp3) is 0.294. The van der Waals surface area contributed by atoms with Gasteiger partial charge in [0.1, 0.15) is 0 Å². The topological polar surface area (TPSA) is 95.6 Å². The number of non-ortho nitro benzene ring substituents is 1. The van der Waals surface area contributed by atoms with Crippen LogP contribution in [0.3, 0.4) is 0 Å². The first-order valence-electron chi connectivity index (χ1n) is 7.33.